The number of benzene rings is 2. The number of para-hydroxylation sites is 1. The van der Waals surface area contributed by atoms with Crippen LogP contribution in [0.5, 0.6) is 0 Å². The Kier molecular flexibility index (Phi) is 6.29. The quantitative estimate of drug-likeness (QED) is 0.563. The Labute approximate surface area is 176 Å². The van der Waals surface area contributed by atoms with Crippen LogP contribution in [0.1, 0.15) is 10.6 Å². The lowest BCUT2D eigenvalue weighted by Gasteiger charge is -2.16. The molecule has 28 heavy (non-hydrogen) atoms. The number of halogens is 3. The first-order valence-electron chi connectivity index (χ1n) is 8.20. The van der Waals surface area contributed by atoms with Gasteiger partial charge in [-0.25, -0.2) is 0 Å². The van der Waals surface area contributed by atoms with E-state index < -0.39 is 11.8 Å². The summed E-state index contributed by atoms with van der Waals surface area (Å²) < 4.78 is 5.62. The van der Waals surface area contributed by atoms with E-state index in [4.69, 9.17) is 39.2 Å². The molecular formula is C20H15Cl3N2O3. The Balaban J connectivity index is 1.66. The van der Waals surface area contributed by atoms with Gasteiger partial charge in [-0.15, -0.1) is 0 Å². The van der Waals surface area contributed by atoms with Gasteiger partial charge in [0.25, 0.3) is 5.91 Å². The van der Waals surface area contributed by atoms with Gasteiger partial charge in [-0.2, -0.15) is 0 Å². The number of furan rings is 1. The number of carbonyl (C=O) groups excluding carboxylic acids is 2. The van der Waals surface area contributed by atoms with Gasteiger partial charge in [0, 0.05) is 17.6 Å². The molecule has 1 N–H and O–H groups in total. The molecule has 0 spiro atoms. The molecule has 5 nitrogen and oxygen atoms in total. The van der Waals surface area contributed by atoms with Crippen LogP contribution in [0.2, 0.25) is 15.1 Å². The van der Waals surface area contributed by atoms with Gasteiger partial charge < -0.3 is 14.6 Å². The molecule has 3 rings (SSSR count). The van der Waals surface area contributed by atoms with Gasteiger partial charge in [0.15, 0.2) is 5.76 Å². The Bertz CT molecular complexity index is 996. The Morgan fingerprint density at radius 1 is 0.964 bits per heavy atom. The van der Waals surface area contributed by atoms with E-state index in [1.54, 1.807) is 54.6 Å². The predicted molar refractivity (Wildman–Crippen MR) is 111 cm³/mol. The van der Waals surface area contributed by atoms with Gasteiger partial charge in [-0.1, -0.05) is 40.9 Å². The number of likely N-dealkylation sites (N-methyl/N-ethyl adjacent to an activating group) is 1. The molecule has 8 heteroatoms. The lowest BCUT2D eigenvalue weighted by Crippen LogP contribution is -2.34. The van der Waals surface area contributed by atoms with Crippen molar-refractivity contribution in [2.75, 3.05) is 18.9 Å². The average Bonchev–Trinajstić information content (AvgIpc) is 3.15. The topological polar surface area (TPSA) is 62.6 Å². The monoisotopic (exact) mass is 436 g/mol. The van der Waals surface area contributed by atoms with E-state index in [-0.39, 0.29) is 12.3 Å². The fraction of sp³-hybridized carbons (Fsp3) is 0.100. The fourth-order valence-electron chi connectivity index (χ4n) is 2.49. The molecule has 0 saturated heterocycles. The molecule has 0 aliphatic rings. The summed E-state index contributed by atoms with van der Waals surface area (Å²) in [6, 6.07) is 15.2. The highest BCUT2D eigenvalue weighted by Crippen LogP contribution is 2.29. The second kappa shape index (κ2) is 8.69. The Morgan fingerprint density at radius 2 is 1.61 bits per heavy atom. The van der Waals surface area contributed by atoms with Gasteiger partial charge in [0.1, 0.15) is 5.76 Å². The maximum Gasteiger partial charge on any atom is 0.289 e. The fourth-order valence-corrected chi connectivity index (χ4v) is 3.11. The first-order chi connectivity index (χ1) is 13.3. The van der Waals surface area contributed by atoms with Gasteiger partial charge >= 0.3 is 0 Å². The van der Waals surface area contributed by atoms with E-state index >= 15 is 0 Å². The van der Waals surface area contributed by atoms with Crippen molar-refractivity contribution in [3.8, 4) is 11.3 Å². The summed E-state index contributed by atoms with van der Waals surface area (Å²) in [5.41, 5.74) is 1.09. The number of amides is 2. The van der Waals surface area contributed by atoms with Crippen molar-refractivity contribution in [3.63, 3.8) is 0 Å². The van der Waals surface area contributed by atoms with E-state index in [1.165, 1.54) is 11.9 Å². The number of hydrogen-bond acceptors (Lipinski definition) is 3. The first kappa shape index (κ1) is 20.3. The van der Waals surface area contributed by atoms with Crippen LogP contribution in [0.15, 0.2) is 59.0 Å². The van der Waals surface area contributed by atoms with E-state index in [9.17, 15) is 9.59 Å². The molecule has 0 aliphatic heterocycles. The van der Waals surface area contributed by atoms with Crippen molar-refractivity contribution in [3.05, 3.63) is 75.4 Å². The molecule has 2 amide bonds. The molecule has 0 saturated carbocycles. The van der Waals surface area contributed by atoms with Crippen molar-refractivity contribution >= 4 is 52.3 Å². The number of rotatable bonds is 5. The minimum atomic E-state index is -0.435. The van der Waals surface area contributed by atoms with Gasteiger partial charge in [-0.3, -0.25) is 9.59 Å². The molecule has 3 aromatic rings. The SMILES string of the molecule is CN(CC(=O)Nc1c(Cl)cccc1Cl)C(=O)c1ccc(-c2ccc(Cl)cc2)o1. The van der Waals surface area contributed by atoms with Crippen LogP contribution in [0.3, 0.4) is 0 Å². The molecule has 0 aliphatic carbocycles. The summed E-state index contributed by atoms with van der Waals surface area (Å²) in [5.74, 6) is -0.215. The standard InChI is InChI=1S/C20H15Cl3N2O3/c1-25(11-18(26)24-19-14(22)3-2-4-15(19)23)20(27)17-10-9-16(28-17)12-5-7-13(21)8-6-12/h2-10H,11H2,1H3,(H,24,26). The average molecular weight is 438 g/mol. The highest BCUT2D eigenvalue weighted by Gasteiger charge is 2.20. The maximum atomic E-state index is 12.5. The number of anilines is 1. The summed E-state index contributed by atoms with van der Waals surface area (Å²) in [5, 5.41) is 3.85. The molecule has 0 bridgehead atoms. The van der Waals surface area contributed by atoms with Crippen LogP contribution >= 0.6 is 34.8 Å². The van der Waals surface area contributed by atoms with Gasteiger partial charge in [0.2, 0.25) is 5.91 Å². The summed E-state index contributed by atoms with van der Waals surface area (Å²) in [6.07, 6.45) is 0. The third-order valence-corrected chi connectivity index (χ3v) is 4.78. The molecule has 0 fully saturated rings. The van der Waals surface area contributed by atoms with Gasteiger partial charge in [-0.05, 0) is 48.5 Å². The summed E-state index contributed by atoms with van der Waals surface area (Å²) in [7, 11) is 1.50. The number of nitrogens with zero attached hydrogens (tertiary/aromatic N) is 1. The van der Waals surface area contributed by atoms with Crippen LogP contribution in [-0.4, -0.2) is 30.3 Å². The van der Waals surface area contributed by atoms with Crippen LogP contribution in [0, 0.1) is 0 Å². The highest BCUT2D eigenvalue weighted by atomic mass is 35.5. The lowest BCUT2D eigenvalue weighted by atomic mass is 10.2. The van der Waals surface area contributed by atoms with Crippen LogP contribution < -0.4 is 5.32 Å². The molecule has 144 valence electrons. The molecule has 1 aromatic heterocycles. The van der Waals surface area contributed by atoms with Gasteiger partial charge in [0.05, 0.1) is 22.3 Å². The lowest BCUT2D eigenvalue weighted by molar-refractivity contribution is -0.116. The second-order valence-corrected chi connectivity index (χ2v) is 7.23. The molecule has 0 radical (unpaired) electrons. The van der Waals surface area contributed by atoms with Crippen molar-refractivity contribution in [1.82, 2.24) is 4.90 Å². The molecule has 0 unspecified atom stereocenters. The number of hydrogen-bond donors (Lipinski definition) is 1. The Hall–Kier alpha value is -2.47. The zero-order chi connectivity index (χ0) is 20.3. The van der Waals surface area contributed by atoms with Crippen LogP contribution in [0.25, 0.3) is 11.3 Å². The van der Waals surface area contributed by atoms with Crippen molar-refractivity contribution in [1.29, 1.82) is 0 Å². The summed E-state index contributed by atoms with van der Waals surface area (Å²) in [4.78, 5) is 26.0. The van der Waals surface area contributed by atoms with Crippen LogP contribution in [-0.2, 0) is 4.79 Å². The van der Waals surface area contributed by atoms with Crippen molar-refractivity contribution in [2.45, 2.75) is 0 Å². The predicted octanol–water partition coefficient (Wildman–Crippen LogP) is 5.62. The molecule has 0 atom stereocenters. The van der Waals surface area contributed by atoms with E-state index in [0.717, 1.165) is 5.56 Å². The zero-order valence-corrected chi connectivity index (χ0v) is 17.0. The molecule has 1 heterocycles. The second-order valence-electron chi connectivity index (χ2n) is 5.98. The summed E-state index contributed by atoms with van der Waals surface area (Å²) >= 11 is 17.9. The third-order valence-electron chi connectivity index (χ3n) is 3.90. The van der Waals surface area contributed by atoms with Crippen molar-refractivity contribution in [2.24, 2.45) is 0 Å². The smallest absolute Gasteiger partial charge is 0.289 e. The van der Waals surface area contributed by atoms with E-state index in [2.05, 4.69) is 5.32 Å². The molecular weight excluding hydrogens is 423 g/mol. The molecule has 2 aromatic carbocycles. The normalized spacial score (nSPS) is 10.6. The maximum absolute atomic E-state index is 12.5. The minimum Gasteiger partial charge on any atom is -0.451 e. The minimum absolute atomic E-state index is 0.121. The summed E-state index contributed by atoms with van der Waals surface area (Å²) in [6.45, 7) is -0.197. The zero-order valence-electron chi connectivity index (χ0n) is 14.7. The van der Waals surface area contributed by atoms with E-state index in [1.807, 2.05) is 0 Å². The van der Waals surface area contributed by atoms with Crippen LogP contribution in [0.4, 0.5) is 5.69 Å². The first-order valence-corrected chi connectivity index (χ1v) is 9.33. The van der Waals surface area contributed by atoms with Crippen molar-refractivity contribution < 1.29 is 14.0 Å². The number of nitrogens with one attached hydrogen (secondary N) is 1. The largest absolute Gasteiger partial charge is 0.451 e. The van der Waals surface area contributed by atoms with E-state index in [0.29, 0.717) is 26.5 Å². The third kappa shape index (κ3) is 4.68. The highest BCUT2D eigenvalue weighted by molar-refractivity contribution is 6.39. The number of carbonyl (C=O) groups is 2. The Morgan fingerprint density at radius 3 is 2.25 bits per heavy atom.